The SMILES string of the molecule is O=C1c2cccc3c(Br)c([N+](=O)[O-])cc(c23)C(=O)N1Cc1ccccc1. The Labute approximate surface area is 156 Å². The van der Waals surface area contributed by atoms with E-state index in [2.05, 4.69) is 15.9 Å². The van der Waals surface area contributed by atoms with E-state index in [4.69, 9.17) is 0 Å². The van der Waals surface area contributed by atoms with E-state index >= 15 is 0 Å². The molecule has 7 heteroatoms. The Kier molecular flexibility index (Phi) is 3.81. The summed E-state index contributed by atoms with van der Waals surface area (Å²) in [5, 5.41) is 12.3. The van der Waals surface area contributed by atoms with Gasteiger partial charge in [-0.15, -0.1) is 0 Å². The van der Waals surface area contributed by atoms with Gasteiger partial charge in [-0.2, -0.15) is 0 Å². The number of nitro groups is 1. The van der Waals surface area contributed by atoms with E-state index in [1.807, 2.05) is 30.3 Å². The molecular weight excluding hydrogens is 400 g/mol. The average Bonchev–Trinajstić information content (AvgIpc) is 2.65. The Bertz CT molecular complexity index is 1100. The fourth-order valence-corrected chi connectivity index (χ4v) is 3.80. The number of rotatable bonds is 3. The number of nitro benzene ring substituents is 1. The lowest BCUT2D eigenvalue weighted by Crippen LogP contribution is -2.39. The fourth-order valence-electron chi connectivity index (χ4n) is 3.21. The Morgan fingerprint density at radius 3 is 2.35 bits per heavy atom. The highest BCUT2D eigenvalue weighted by atomic mass is 79.9. The summed E-state index contributed by atoms with van der Waals surface area (Å²) >= 11 is 3.23. The van der Waals surface area contributed by atoms with E-state index in [1.165, 1.54) is 6.07 Å². The normalized spacial score (nSPS) is 13.3. The predicted octanol–water partition coefficient (Wildman–Crippen LogP) is 4.31. The van der Waals surface area contributed by atoms with Gasteiger partial charge >= 0.3 is 0 Å². The van der Waals surface area contributed by atoms with Crippen LogP contribution in [0.1, 0.15) is 26.3 Å². The molecule has 1 aliphatic rings. The number of amides is 2. The van der Waals surface area contributed by atoms with Gasteiger partial charge < -0.3 is 0 Å². The molecule has 26 heavy (non-hydrogen) atoms. The van der Waals surface area contributed by atoms with E-state index in [1.54, 1.807) is 18.2 Å². The Morgan fingerprint density at radius 2 is 1.65 bits per heavy atom. The lowest BCUT2D eigenvalue weighted by molar-refractivity contribution is -0.385. The van der Waals surface area contributed by atoms with Crippen LogP contribution >= 0.6 is 15.9 Å². The van der Waals surface area contributed by atoms with Crippen molar-refractivity contribution in [3.63, 3.8) is 0 Å². The molecule has 4 rings (SSSR count). The largest absolute Gasteiger partial charge is 0.284 e. The second kappa shape index (κ2) is 6.03. The minimum absolute atomic E-state index is 0.109. The summed E-state index contributed by atoms with van der Waals surface area (Å²) in [6, 6.07) is 15.3. The van der Waals surface area contributed by atoms with Crippen molar-refractivity contribution in [2.45, 2.75) is 6.54 Å². The van der Waals surface area contributed by atoms with Crippen molar-refractivity contribution in [2.75, 3.05) is 0 Å². The molecule has 2 amide bonds. The van der Waals surface area contributed by atoms with E-state index in [0.717, 1.165) is 10.5 Å². The van der Waals surface area contributed by atoms with Gasteiger partial charge in [0.25, 0.3) is 17.5 Å². The summed E-state index contributed by atoms with van der Waals surface area (Å²) < 4.78 is 0.264. The second-order valence-corrected chi connectivity index (χ2v) is 6.72. The summed E-state index contributed by atoms with van der Waals surface area (Å²) in [5.41, 5.74) is 1.13. The zero-order valence-corrected chi connectivity index (χ0v) is 14.9. The number of hydrogen-bond acceptors (Lipinski definition) is 4. The van der Waals surface area contributed by atoms with Gasteiger partial charge in [0.15, 0.2) is 0 Å². The van der Waals surface area contributed by atoms with Crippen LogP contribution in [0, 0.1) is 10.1 Å². The molecule has 1 heterocycles. The molecule has 0 radical (unpaired) electrons. The van der Waals surface area contributed by atoms with Crippen LogP contribution in [-0.2, 0) is 6.54 Å². The molecule has 0 saturated heterocycles. The van der Waals surface area contributed by atoms with Gasteiger partial charge in [0.1, 0.15) is 4.47 Å². The first kappa shape index (κ1) is 16.4. The average molecular weight is 411 g/mol. The Hall–Kier alpha value is -3.06. The molecule has 0 atom stereocenters. The minimum Gasteiger partial charge on any atom is -0.270 e. The highest BCUT2D eigenvalue weighted by Gasteiger charge is 2.35. The van der Waals surface area contributed by atoms with Crippen molar-refractivity contribution in [3.8, 4) is 0 Å². The van der Waals surface area contributed by atoms with Gasteiger partial charge in [-0.25, -0.2) is 0 Å². The first-order valence-corrected chi connectivity index (χ1v) is 8.58. The highest BCUT2D eigenvalue weighted by molar-refractivity contribution is 9.10. The fraction of sp³-hybridized carbons (Fsp3) is 0.0526. The van der Waals surface area contributed by atoms with E-state index in [0.29, 0.717) is 16.3 Å². The molecule has 0 unspecified atom stereocenters. The van der Waals surface area contributed by atoms with E-state index < -0.39 is 16.7 Å². The molecule has 0 bridgehead atoms. The van der Waals surface area contributed by atoms with Crippen molar-refractivity contribution in [1.29, 1.82) is 0 Å². The van der Waals surface area contributed by atoms with Crippen LogP contribution < -0.4 is 0 Å². The number of imide groups is 1. The lowest BCUT2D eigenvalue weighted by atomic mass is 9.93. The van der Waals surface area contributed by atoms with Crippen LogP contribution in [0.4, 0.5) is 5.69 Å². The quantitative estimate of drug-likeness (QED) is 0.366. The zero-order valence-electron chi connectivity index (χ0n) is 13.3. The molecule has 0 spiro atoms. The number of benzene rings is 3. The Morgan fingerprint density at radius 1 is 0.962 bits per heavy atom. The van der Waals surface area contributed by atoms with Crippen molar-refractivity contribution in [3.05, 3.63) is 85.9 Å². The maximum atomic E-state index is 13.0. The topological polar surface area (TPSA) is 80.5 Å². The third kappa shape index (κ3) is 2.40. The van der Waals surface area contributed by atoms with E-state index in [-0.39, 0.29) is 22.3 Å². The summed E-state index contributed by atoms with van der Waals surface area (Å²) in [7, 11) is 0. The molecule has 0 aromatic heterocycles. The monoisotopic (exact) mass is 410 g/mol. The van der Waals surface area contributed by atoms with Crippen molar-refractivity contribution in [1.82, 2.24) is 4.90 Å². The summed E-state index contributed by atoms with van der Waals surface area (Å²) in [6.07, 6.45) is 0. The highest BCUT2D eigenvalue weighted by Crippen LogP contribution is 2.40. The van der Waals surface area contributed by atoms with Crippen LogP contribution in [0.3, 0.4) is 0 Å². The number of nitrogens with zero attached hydrogens (tertiary/aromatic N) is 2. The molecule has 0 fully saturated rings. The second-order valence-electron chi connectivity index (χ2n) is 5.92. The number of carbonyl (C=O) groups is 2. The van der Waals surface area contributed by atoms with E-state index in [9.17, 15) is 19.7 Å². The standard InChI is InChI=1S/C19H11BrN2O4/c20-17-12-7-4-8-13-16(12)14(9-15(17)22(25)26)19(24)21(18(13)23)10-11-5-2-1-3-6-11/h1-9H,10H2. The van der Waals surface area contributed by atoms with Crippen LogP contribution in [0.5, 0.6) is 0 Å². The number of hydrogen-bond donors (Lipinski definition) is 0. The first-order chi connectivity index (χ1) is 12.5. The third-order valence-corrected chi connectivity index (χ3v) is 5.24. The zero-order chi connectivity index (χ0) is 18.4. The van der Waals surface area contributed by atoms with Crippen molar-refractivity contribution < 1.29 is 14.5 Å². The van der Waals surface area contributed by atoms with Crippen LogP contribution in [0.2, 0.25) is 0 Å². The summed E-state index contributed by atoms with van der Waals surface area (Å²) in [4.78, 5) is 37.8. The Balaban J connectivity index is 1.93. The van der Waals surface area contributed by atoms with Gasteiger partial charge in [0.05, 0.1) is 17.0 Å². The molecule has 0 aliphatic carbocycles. The predicted molar refractivity (Wildman–Crippen MR) is 98.9 cm³/mol. The molecule has 128 valence electrons. The van der Waals surface area contributed by atoms with Crippen LogP contribution in [0.15, 0.2) is 59.1 Å². The third-order valence-electron chi connectivity index (χ3n) is 4.41. The molecule has 0 N–H and O–H groups in total. The minimum atomic E-state index is -0.544. The lowest BCUT2D eigenvalue weighted by Gasteiger charge is -2.27. The summed E-state index contributed by atoms with van der Waals surface area (Å²) in [6.45, 7) is 0.109. The van der Waals surface area contributed by atoms with Crippen LogP contribution in [0.25, 0.3) is 10.8 Å². The van der Waals surface area contributed by atoms with Crippen molar-refractivity contribution >= 4 is 44.2 Å². The van der Waals surface area contributed by atoms with Gasteiger partial charge in [0, 0.05) is 22.4 Å². The molecule has 6 nitrogen and oxygen atoms in total. The maximum Gasteiger partial charge on any atom is 0.284 e. The molecule has 1 aliphatic heterocycles. The van der Waals surface area contributed by atoms with Crippen LogP contribution in [-0.4, -0.2) is 21.6 Å². The van der Waals surface area contributed by atoms with Gasteiger partial charge in [-0.3, -0.25) is 24.6 Å². The first-order valence-electron chi connectivity index (χ1n) is 7.79. The van der Waals surface area contributed by atoms with Gasteiger partial charge in [-0.1, -0.05) is 42.5 Å². The molecular formula is C19H11BrN2O4. The van der Waals surface area contributed by atoms with Gasteiger partial charge in [0.2, 0.25) is 0 Å². The molecule has 3 aromatic rings. The summed E-state index contributed by atoms with van der Waals surface area (Å²) in [5.74, 6) is -0.934. The molecule has 0 saturated carbocycles. The maximum absolute atomic E-state index is 13.0. The number of halogens is 1. The number of carbonyl (C=O) groups excluding carboxylic acids is 2. The molecule has 3 aromatic carbocycles. The van der Waals surface area contributed by atoms with Gasteiger partial charge in [-0.05, 0) is 27.6 Å². The van der Waals surface area contributed by atoms with Crippen molar-refractivity contribution in [2.24, 2.45) is 0 Å². The smallest absolute Gasteiger partial charge is 0.270 e.